The van der Waals surface area contributed by atoms with Crippen molar-refractivity contribution in [3.05, 3.63) is 0 Å². The topological polar surface area (TPSA) is 0 Å². The lowest BCUT2D eigenvalue weighted by atomic mass is 9.99. The fraction of sp³-hybridized carbons (Fsp3) is 1.00. The van der Waals surface area contributed by atoms with Crippen molar-refractivity contribution in [2.45, 2.75) is 102 Å². The van der Waals surface area contributed by atoms with Gasteiger partial charge >= 0.3 is 0 Å². The van der Waals surface area contributed by atoms with E-state index in [2.05, 4.69) is 22.9 Å². The SMILES string of the molecule is CCCCCCCCCCCCC1CCC(Br)C1. The van der Waals surface area contributed by atoms with E-state index in [4.69, 9.17) is 0 Å². The van der Waals surface area contributed by atoms with Crippen LogP contribution in [0.5, 0.6) is 0 Å². The molecule has 1 saturated carbocycles. The van der Waals surface area contributed by atoms with Crippen LogP contribution in [0.25, 0.3) is 0 Å². The molecule has 0 nitrogen and oxygen atoms in total. The van der Waals surface area contributed by atoms with Gasteiger partial charge in [0, 0.05) is 4.83 Å². The highest BCUT2D eigenvalue weighted by atomic mass is 79.9. The lowest BCUT2D eigenvalue weighted by molar-refractivity contribution is 0.461. The van der Waals surface area contributed by atoms with Crippen LogP contribution in [-0.2, 0) is 0 Å². The molecular weight excluding hydrogens is 284 g/mol. The van der Waals surface area contributed by atoms with Crippen molar-refractivity contribution in [2.24, 2.45) is 5.92 Å². The summed E-state index contributed by atoms with van der Waals surface area (Å²) in [4.78, 5) is 0.839. The number of unbranched alkanes of at least 4 members (excludes halogenated alkanes) is 9. The third kappa shape index (κ3) is 8.56. The largest absolute Gasteiger partial charge is 0.0891 e. The molecule has 2 unspecified atom stereocenters. The van der Waals surface area contributed by atoms with Crippen molar-refractivity contribution >= 4 is 15.9 Å². The van der Waals surface area contributed by atoms with Crippen LogP contribution in [0.3, 0.4) is 0 Å². The van der Waals surface area contributed by atoms with Crippen LogP contribution in [0.15, 0.2) is 0 Å². The van der Waals surface area contributed by atoms with Crippen molar-refractivity contribution in [2.75, 3.05) is 0 Å². The summed E-state index contributed by atoms with van der Waals surface area (Å²) in [7, 11) is 0. The van der Waals surface area contributed by atoms with Crippen LogP contribution in [0.4, 0.5) is 0 Å². The van der Waals surface area contributed by atoms with E-state index in [0.717, 1.165) is 10.7 Å². The molecule has 1 aliphatic carbocycles. The molecule has 0 radical (unpaired) electrons. The highest BCUT2D eigenvalue weighted by Gasteiger charge is 2.21. The summed E-state index contributed by atoms with van der Waals surface area (Å²) in [6.07, 6.45) is 20.5. The van der Waals surface area contributed by atoms with E-state index in [1.807, 2.05) is 0 Å². The van der Waals surface area contributed by atoms with Crippen LogP contribution in [-0.4, -0.2) is 4.83 Å². The van der Waals surface area contributed by atoms with Crippen molar-refractivity contribution in [1.29, 1.82) is 0 Å². The third-order valence-electron chi connectivity index (χ3n) is 4.44. The zero-order valence-electron chi connectivity index (χ0n) is 12.4. The summed E-state index contributed by atoms with van der Waals surface area (Å²) in [5, 5.41) is 0. The lowest BCUT2D eigenvalue weighted by Gasteiger charge is -2.08. The van der Waals surface area contributed by atoms with Gasteiger partial charge in [-0.15, -0.1) is 0 Å². The van der Waals surface area contributed by atoms with Crippen molar-refractivity contribution in [1.82, 2.24) is 0 Å². The Morgan fingerprint density at radius 1 is 0.778 bits per heavy atom. The van der Waals surface area contributed by atoms with Gasteiger partial charge in [0.15, 0.2) is 0 Å². The smallest absolute Gasteiger partial charge is 0.0148 e. The van der Waals surface area contributed by atoms with Crippen LogP contribution >= 0.6 is 15.9 Å². The maximum Gasteiger partial charge on any atom is 0.0148 e. The molecule has 0 saturated heterocycles. The van der Waals surface area contributed by atoms with E-state index < -0.39 is 0 Å². The molecule has 108 valence electrons. The number of halogens is 1. The number of rotatable bonds is 11. The molecule has 0 aromatic heterocycles. The lowest BCUT2D eigenvalue weighted by Crippen LogP contribution is -1.95. The van der Waals surface area contributed by atoms with Gasteiger partial charge in [0.1, 0.15) is 0 Å². The van der Waals surface area contributed by atoms with Gasteiger partial charge in [0.25, 0.3) is 0 Å². The molecule has 18 heavy (non-hydrogen) atoms. The fourth-order valence-corrected chi connectivity index (χ4v) is 3.99. The molecule has 1 rings (SSSR count). The Bertz CT molecular complexity index is 178. The summed E-state index contributed by atoms with van der Waals surface area (Å²) in [6.45, 7) is 2.29. The summed E-state index contributed by atoms with van der Waals surface area (Å²) in [6, 6.07) is 0. The van der Waals surface area contributed by atoms with E-state index in [9.17, 15) is 0 Å². The molecular formula is C17H33Br. The van der Waals surface area contributed by atoms with Crippen LogP contribution in [0.1, 0.15) is 96.8 Å². The van der Waals surface area contributed by atoms with Gasteiger partial charge in [-0.2, -0.15) is 0 Å². The predicted octanol–water partition coefficient (Wildman–Crippen LogP) is 6.86. The molecule has 1 aliphatic rings. The minimum atomic E-state index is 0.839. The number of alkyl halides is 1. The van der Waals surface area contributed by atoms with Gasteiger partial charge in [-0.1, -0.05) is 93.5 Å². The van der Waals surface area contributed by atoms with Gasteiger partial charge in [0.05, 0.1) is 0 Å². The Hall–Kier alpha value is 0.480. The first-order chi connectivity index (χ1) is 8.83. The first kappa shape index (κ1) is 16.5. The summed E-state index contributed by atoms with van der Waals surface area (Å²) in [5.74, 6) is 1.04. The highest BCUT2D eigenvalue weighted by molar-refractivity contribution is 9.09. The van der Waals surface area contributed by atoms with Gasteiger partial charge in [-0.05, 0) is 25.2 Å². The zero-order chi connectivity index (χ0) is 13.1. The first-order valence-electron chi connectivity index (χ1n) is 8.47. The third-order valence-corrected chi connectivity index (χ3v) is 5.27. The van der Waals surface area contributed by atoms with Gasteiger partial charge < -0.3 is 0 Å². The van der Waals surface area contributed by atoms with Gasteiger partial charge in [-0.25, -0.2) is 0 Å². The molecule has 1 fully saturated rings. The molecule has 2 atom stereocenters. The van der Waals surface area contributed by atoms with E-state index in [1.165, 1.54) is 89.9 Å². The molecule has 0 aromatic rings. The van der Waals surface area contributed by atoms with Crippen molar-refractivity contribution < 1.29 is 0 Å². The molecule has 0 heterocycles. The maximum atomic E-state index is 3.75. The standard InChI is InChI=1S/C17H33Br/c1-2-3-4-5-6-7-8-9-10-11-12-16-13-14-17(18)15-16/h16-17H,2-15H2,1H3. The summed E-state index contributed by atoms with van der Waals surface area (Å²) >= 11 is 3.75. The molecule has 1 heteroatoms. The molecule has 0 aliphatic heterocycles. The van der Waals surface area contributed by atoms with Gasteiger partial charge in [0.2, 0.25) is 0 Å². The Labute approximate surface area is 123 Å². The van der Waals surface area contributed by atoms with E-state index >= 15 is 0 Å². The highest BCUT2D eigenvalue weighted by Crippen LogP contribution is 2.33. The molecule has 0 aromatic carbocycles. The normalized spacial score (nSPS) is 23.7. The maximum absolute atomic E-state index is 3.75. The molecule has 0 amide bonds. The zero-order valence-corrected chi connectivity index (χ0v) is 14.0. The van der Waals surface area contributed by atoms with Crippen molar-refractivity contribution in [3.8, 4) is 0 Å². The van der Waals surface area contributed by atoms with E-state index in [-0.39, 0.29) is 0 Å². The van der Waals surface area contributed by atoms with Crippen LogP contribution in [0.2, 0.25) is 0 Å². The summed E-state index contributed by atoms with van der Waals surface area (Å²) in [5.41, 5.74) is 0. The Balaban J connectivity index is 1.73. The first-order valence-corrected chi connectivity index (χ1v) is 9.38. The average Bonchev–Trinajstić information content (AvgIpc) is 2.77. The van der Waals surface area contributed by atoms with Gasteiger partial charge in [-0.3, -0.25) is 0 Å². The second kappa shape index (κ2) is 11.3. The number of hydrogen-bond donors (Lipinski definition) is 0. The Morgan fingerprint density at radius 3 is 1.83 bits per heavy atom. The van der Waals surface area contributed by atoms with Crippen LogP contribution < -0.4 is 0 Å². The predicted molar refractivity (Wildman–Crippen MR) is 86.5 cm³/mol. The second-order valence-corrected chi connectivity index (χ2v) is 7.54. The fourth-order valence-electron chi connectivity index (χ4n) is 3.20. The summed E-state index contributed by atoms with van der Waals surface area (Å²) < 4.78 is 0. The quantitative estimate of drug-likeness (QED) is 0.288. The van der Waals surface area contributed by atoms with E-state index in [0.29, 0.717) is 0 Å². The van der Waals surface area contributed by atoms with Crippen molar-refractivity contribution in [3.63, 3.8) is 0 Å². The Kier molecular flexibility index (Phi) is 10.4. The number of hydrogen-bond acceptors (Lipinski definition) is 0. The minimum Gasteiger partial charge on any atom is -0.0891 e. The molecule has 0 spiro atoms. The molecule has 0 bridgehead atoms. The van der Waals surface area contributed by atoms with E-state index in [1.54, 1.807) is 0 Å². The minimum absolute atomic E-state index is 0.839. The van der Waals surface area contributed by atoms with Crippen LogP contribution in [0, 0.1) is 5.92 Å². The average molecular weight is 317 g/mol. The second-order valence-electron chi connectivity index (χ2n) is 6.25. The molecule has 0 N–H and O–H groups in total. The Morgan fingerprint density at radius 2 is 1.33 bits per heavy atom. The monoisotopic (exact) mass is 316 g/mol.